The van der Waals surface area contributed by atoms with Crippen LogP contribution in [0.2, 0.25) is 0 Å². The molecule has 5 rings (SSSR count). The summed E-state index contributed by atoms with van der Waals surface area (Å²) in [5, 5.41) is 5.95. The molecule has 1 saturated heterocycles. The molecule has 2 amide bonds. The van der Waals surface area contributed by atoms with Gasteiger partial charge >= 0.3 is 6.36 Å². The predicted molar refractivity (Wildman–Crippen MR) is 167 cm³/mol. The van der Waals surface area contributed by atoms with Crippen LogP contribution in [-0.4, -0.2) is 90.9 Å². The molecule has 1 aromatic carbocycles. The number of piperazine rings is 1. The molecule has 1 aliphatic carbocycles. The second-order valence-electron chi connectivity index (χ2n) is 11.6. The molecule has 2 aliphatic heterocycles. The Morgan fingerprint density at radius 2 is 1.84 bits per heavy atom. The topological polar surface area (TPSA) is 106 Å². The average molecular weight is 631 g/mol. The number of anilines is 5. The first-order valence-corrected chi connectivity index (χ1v) is 15.5. The van der Waals surface area contributed by atoms with Gasteiger partial charge in [-0.1, -0.05) is 20.4 Å². The lowest BCUT2D eigenvalue weighted by molar-refractivity contribution is -0.274. The maximum Gasteiger partial charge on any atom is 0.573 e. The van der Waals surface area contributed by atoms with E-state index in [1.807, 2.05) is 11.8 Å². The van der Waals surface area contributed by atoms with E-state index in [0.29, 0.717) is 17.9 Å². The fourth-order valence-electron chi connectivity index (χ4n) is 6.49. The third-order valence-electron chi connectivity index (χ3n) is 8.94. The van der Waals surface area contributed by atoms with E-state index < -0.39 is 18.2 Å². The normalized spacial score (nSPS) is 22.6. The van der Waals surface area contributed by atoms with Crippen LogP contribution in [0.1, 0.15) is 46.0 Å². The lowest BCUT2D eigenvalue weighted by Gasteiger charge is -2.46. The van der Waals surface area contributed by atoms with E-state index in [2.05, 4.69) is 43.7 Å². The van der Waals surface area contributed by atoms with Gasteiger partial charge in [0, 0.05) is 51.0 Å². The van der Waals surface area contributed by atoms with Gasteiger partial charge in [-0.2, -0.15) is 4.98 Å². The number of carbonyl (C=O) groups is 2. The fraction of sp³-hybridized carbons (Fsp3) is 0.548. The number of nitrogens with zero attached hydrogens (tertiary/aromatic N) is 6. The van der Waals surface area contributed by atoms with E-state index in [4.69, 9.17) is 4.98 Å². The Hall–Kier alpha value is -4.07. The molecule has 0 unspecified atom stereocenters. The average Bonchev–Trinajstić information content (AvgIpc) is 3.03. The van der Waals surface area contributed by atoms with Gasteiger partial charge in [-0.05, 0) is 62.9 Å². The first kappa shape index (κ1) is 32.3. The lowest BCUT2D eigenvalue weighted by Crippen LogP contribution is -2.57. The summed E-state index contributed by atoms with van der Waals surface area (Å²) in [7, 11) is 1.68. The van der Waals surface area contributed by atoms with Crippen molar-refractivity contribution in [1.29, 1.82) is 0 Å². The molecule has 1 atom stereocenters. The molecule has 14 heteroatoms. The largest absolute Gasteiger partial charge is 0.573 e. The second kappa shape index (κ2) is 13.5. The number of aromatic nitrogens is 2. The first-order valence-electron chi connectivity index (χ1n) is 15.5. The number of alkyl halides is 3. The van der Waals surface area contributed by atoms with Crippen molar-refractivity contribution >= 4 is 40.6 Å². The number of nitrogens with one attached hydrogen (secondary N) is 2. The summed E-state index contributed by atoms with van der Waals surface area (Å²) in [6, 6.07) is 4.09. The Morgan fingerprint density at radius 1 is 1.13 bits per heavy atom. The van der Waals surface area contributed by atoms with E-state index >= 15 is 0 Å². The number of fused-ring (bicyclic) bond motifs is 1. The summed E-state index contributed by atoms with van der Waals surface area (Å²) in [6.07, 6.45) is 1.33. The quantitative estimate of drug-likeness (QED) is 0.389. The van der Waals surface area contributed by atoms with Gasteiger partial charge < -0.3 is 35.0 Å². The molecule has 3 aliphatic rings. The molecule has 0 bridgehead atoms. The van der Waals surface area contributed by atoms with Crippen molar-refractivity contribution in [2.45, 2.75) is 70.4 Å². The van der Waals surface area contributed by atoms with Gasteiger partial charge in [0.15, 0.2) is 11.6 Å². The van der Waals surface area contributed by atoms with E-state index in [1.54, 1.807) is 19.2 Å². The van der Waals surface area contributed by atoms with Crippen molar-refractivity contribution < 1.29 is 27.5 Å². The van der Waals surface area contributed by atoms with Crippen LogP contribution in [0.5, 0.6) is 5.75 Å². The molecule has 0 radical (unpaired) electrons. The number of rotatable bonds is 9. The minimum absolute atomic E-state index is 0.0152. The predicted octanol–water partition coefficient (Wildman–Crippen LogP) is 4.44. The van der Waals surface area contributed by atoms with Crippen molar-refractivity contribution in [3.63, 3.8) is 0 Å². The third-order valence-corrected chi connectivity index (χ3v) is 8.94. The maximum absolute atomic E-state index is 13.4. The van der Waals surface area contributed by atoms with Crippen molar-refractivity contribution in [2.75, 3.05) is 59.8 Å². The van der Waals surface area contributed by atoms with E-state index in [1.165, 1.54) is 23.2 Å². The standard InChI is InChI=1S/C31H41F3N8O3/c1-5-24-29(44)39(4)25-19-35-30(38-28(25)42(24)21-10-8-20(9-11-21)36-27(43)6-2)37-23-18-22(12-13-26(23)45-31(32,33)34)41-16-14-40(7-3)15-17-41/h6,12-13,18-21,24H,2,5,7-11,14-17H2,1,3-4H3,(H,36,43)(H,35,37,38)/t20?,21?,24-/m1/s1. The molecule has 1 saturated carbocycles. The zero-order valence-corrected chi connectivity index (χ0v) is 25.9. The number of hydrogen-bond donors (Lipinski definition) is 2. The first-order chi connectivity index (χ1) is 21.5. The van der Waals surface area contributed by atoms with Gasteiger partial charge in [0.2, 0.25) is 17.8 Å². The molecule has 3 heterocycles. The van der Waals surface area contributed by atoms with E-state index in [0.717, 1.165) is 64.1 Å². The SMILES string of the molecule is C=CC(=O)NC1CCC(N2c3nc(Nc4cc(N5CCN(CC)CC5)ccc4OC(F)(F)F)ncc3N(C)C(=O)[C@H]2CC)CC1. The molecule has 45 heavy (non-hydrogen) atoms. The van der Waals surface area contributed by atoms with Crippen molar-refractivity contribution in [1.82, 2.24) is 20.2 Å². The Balaban J connectivity index is 1.45. The summed E-state index contributed by atoms with van der Waals surface area (Å²) in [5.74, 6) is -0.0635. The highest BCUT2D eigenvalue weighted by molar-refractivity contribution is 6.04. The van der Waals surface area contributed by atoms with Crippen LogP contribution < -0.4 is 30.1 Å². The van der Waals surface area contributed by atoms with Gasteiger partial charge in [-0.3, -0.25) is 9.59 Å². The fourth-order valence-corrected chi connectivity index (χ4v) is 6.49. The Labute approximate surface area is 261 Å². The summed E-state index contributed by atoms with van der Waals surface area (Å²) in [4.78, 5) is 42.5. The molecule has 244 valence electrons. The number of carbonyl (C=O) groups excluding carboxylic acids is 2. The molecule has 0 spiro atoms. The zero-order chi connectivity index (χ0) is 32.3. The van der Waals surface area contributed by atoms with Crippen molar-refractivity contribution in [3.8, 4) is 5.75 Å². The minimum atomic E-state index is -4.89. The van der Waals surface area contributed by atoms with Gasteiger partial charge in [-0.25, -0.2) is 4.98 Å². The minimum Gasteiger partial charge on any atom is -0.404 e. The van der Waals surface area contributed by atoms with Crippen LogP contribution >= 0.6 is 0 Å². The molecular formula is C31H41F3N8O3. The zero-order valence-electron chi connectivity index (χ0n) is 25.9. The van der Waals surface area contributed by atoms with E-state index in [9.17, 15) is 22.8 Å². The van der Waals surface area contributed by atoms with Crippen molar-refractivity contribution in [2.24, 2.45) is 0 Å². The van der Waals surface area contributed by atoms with Crippen LogP contribution in [0.25, 0.3) is 0 Å². The third kappa shape index (κ3) is 7.26. The maximum atomic E-state index is 13.4. The van der Waals surface area contributed by atoms with Gasteiger partial charge in [0.1, 0.15) is 11.7 Å². The number of halogens is 3. The number of ether oxygens (including phenoxy) is 1. The molecule has 2 aromatic rings. The Bertz CT molecular complexity index is 1390. The highest BCUT2D eigenvalue weighted by atomic mass is 19.4. The summed E-state index contributed by atoms with van der Waals surface area (Å²) in [6.45, 7) is 11.7. The summed E-state index contributed by atoms with van der Waals surface area (Å²) >= 11 is 0. The molecular weight excluding hydrogens is 589 g/mol. The number of hydrogen-bond acceptors (Lipinski definition) is 9. The van der Waals surface area contributed by atoms with Crippen LogP contribution in [-0.2, 0) is 9.59 Å². The van der Waals surface area contributed by atoms with E-state index in [-0.39, 0.29) is 35.5 Å². The highest BCUT2D eigenvalue weighted by Gasteiger charge is 2.42. The highest BCUT2D eigenvalue weighted by Crippen LogP contribution is 2.41. The second-order valence-corrected chi connectivity index (χ2v) is 11.6. The van der Waals surface area contributed by atoms with Gasteiger partial charge in [0.25, 0.3) is 0 Å². The van der Waals surface area contributed by atoms with Gasteiger partial charge in [0.05, 0.1) is 11.9 Å². The summed E-state index contributed by atoms with van der Waals surface area (Å²) in [5.41, 5.74) is 1.37. The van der Waals surface area contributed by atoms with Crippen LogP contribution in [0, 0.1) is 0 Å². The number of likely N-dealkylation sites (N-methyl/N-ethyl adjacent to an activating group) is 2. The molecule has 1 aromatic heterocycles. The Kier molecular flexibility index (Phi) is 9.70. The van der Waals surface area contributed by atoms with Gasteiger partial charge in [-0.15, -0.1) is 13.2 Å². The van der Waals surface area contributed by atoms with Crippen LogP contribution in [0.3, 0.4) is 0 Å². The van der Waals surface area contributed by atoms with Crippen LogP contribution in [0.15, 0.2) is 37.1 Å². The summed E-state index contributed by atoms with van der Waals surface area (Å²) < 4.78 is 44.5. The number of amides is 2. The molecule has 11 nitrogen and oxygen atoms in total. The van der Waals surface area contributed by atoms with Crippen molar-refractivity contribution in [3.05, 3.63) is 37.1 Å². The monoisotopic (exact) mass is 630 g/mol. The number of benzene rings is 1. The lowest BCUT2D eigenvalue weighted by atomic mass is 9.88. The molecule has 2 fully saturated rings. The molecule has 2 N–H and O–H groups in total. The smallest absolute Gasteiger partial charge is 0.404 e. The van der Waals surface area contributed by atoms with Crippen LogP contribution in [0.4, 0.5) is 42.0 Å². The Morgan fingerprint density at radius 3 is 2.47 bits per heavy atom.